The van der Waals surface area contributed by atoms with Gasteiger partial charge in [0.05, 0.1) is 12.8 Å². The van der Waals surface area contributed by atoms with Gasteiger partial charge in [0.25, 0.3) is 5.91 Å². The van der Waals surface area contributed by atoms with Crippen LogP contribution in [0.25, 0.3) is 0 Å². The summed E-state index contributed by atoms with van der Waals surface area (Å²) >= 11 is 0. The van der Waals surface area contributed by atoms with Gasteiger partial charge in [0.1, 0.15) is 5.75 Å². The minimum Gasteiger partial charge on any atom is -0.494 e. The first kappa shape index (κ1) is 15.5. The molecule has 0 radical (unpaired) electrons. The van der Waals surface area contributed by atoms with Crippen LogP contribution >= 0.6 is 0 Å². The lowest BCUT2D eigenvalue weighted by atomic mass is 10.0. The largest absolute Gasteiger partial charge is 0.494 e. The number of benzene rings is 2. The number of nitrogens with one attached hydrogen (secondary N) is 3. The van der Waals surface area contributed by atoms with Crippen molar-refractivity contribution in [2.24, 2.45) is 0 Å². The first-order valence-electron chi connectivity index (χ1n) is 7.86. The smallest absolute Gasteiger partial charge is 0.252 e. The van der Waals surface area contributed by atoms with Crippen molar-refractivity contribution in [3.63, 3.8) is 0 Å². The first-order valence-corrected chi connectivity index (χ1v) is 7.86. The molecule has 2 aromatic rings. The van der Waals surface area contributed by atoms with Gasteiger partial charge in [-0.15, -0.1) is 0 Å². The maximum Gasteiger partial charge on any atom is 0.252 e. The number of amides is 1. The van der Waals surface area contributed by atoms with E-state index in [9.17, 15) is 4.79 Å². The Morgan fingerprint density at radius 1 is 1.13 bits per heavy atom. The Bertz CT molecular complexity index is 643. The second-order valence-electron chi connectivity index (χ2n) is 5.47. The molecule has 3 N–H and O–H groups in total. The fraction of sp³-hybridized carbons (Fsp3) is 0.278. The van der Waals surface area contributed by atoms with E-state index in [0.717, 1.165) is 12.2 Å². The van der Waals surface area contributed by atoms with Crippen molar-refractivity contribution in [3.05, 3.63) is 65.7 Å². The van der Waals surface area contributed by atoms with Gasteiger partial charge < -0.3 is 10.1 Å². The van der Waals surface area contributed by atoms with E-state index >= 15 is 0 Å². The Morgan fingerprint density at radius 2 is 1.87 bits per heavy atom. The third-order valence-electron chi connectivity index (χ3n) is 3.84. The summed E-state index contributed by atoms with van der Waals surface area (Å²) in [5.74, 6) is 0.676. The summed E-state index contributed by atoms with van der Waals surface area (Å²) in [6.07, 6.45) is 0.701. The summed E-state index contributed by atoms with van der Waals surface area (Å²) < 4.78 is 5.38. The molecule has 3 rings (SSSR count). The first-order chi connectivity index (χ1) is 11.3. The maximum absolute atomic E-state index is 12.3. The molecule has 0 aromatic heterocycles. The lowest BCUT2D eigenvalue weighted by Gasteiger charge is -2.12. The Hall–Kier alpha value is -2.37. The number of hydrogen-bond acceptors (Lipinski definition) is 4. The number of carbonyl (C=O) groups is 1. The fourth-order valence-electron chi connectivity index (χ4n) is 2.67. The van der Waals surface area contributed by atoms with Gasteiger partial charge in [0.2, 0.25) is 0 Å². The van der Waals surface area contributed by atoms with E-state index in [4.69, 9.17) is 4.74 Å². The van der Waals surface area contributed by atoms with Crippen molar-refractivity contribution in [2.45, 2.75) is 25.6 Å². The second-order valence-corrected chi connectivity index (χ2v) is 5.47. The number of rotatable bonds is 5. The third-order valence-corrected chi connectivity index (χ3v) is 3.84. The summed E-state index contributed by atoms with van der Waals surface area (Å²) in [4.78, 5) is 12.3. The average molecular weight is 311 g/mol. The van der Waals surface area contributed by atoms with Crippen LogP contribution in [0.5, 0.6) is 5.75 Å². The third kappa shape index (κ3) is 3.88. The molecular formula is C18H21N3O2. The number of carbonyl (C=O) groups excluding carboxylic acids is 1. The van der Waals surface area contributed by atoms with Crippen molar-refractivity contribution in [1.82, 2.24) is 16.2 Å². The van der Waals surface area contributed by atoms with Crippen LogP contribution in [-0.2, 0) is 0 Å². The zero-order valence-electron chi connectivity index (χ0n) is 13.1. The highest BCUT2D eigenvalue weighted by Gasteiger charge is 2.26. The van der Waals surface area contributed by atoms with Crippen molar-refractivity contribution in [1.29, 1.82) is 0 Å². The van der Waals surface area contributed by atoms with Gasteiger partial charge in [0, 0.05) is 18.0 Å². The van der Waals surface area contributed by atoms with Crippen molar-refractivity contribution in [2.75, 3.05) is 6.61 Å². The van der Waals surface area contributed by atoms with Gasteiger partial charge in [-0.1, -0.05) is 30.3 Å². The summed E-state index contributed by atoms with van der Waals surface area (Å²) in [5, 5.41) is 2.99. The van der Waals surface area contributed by atoms with E-state index < -0.39 is 0 Å². The standard InChI is InChI=1S/C18H21N3O2/c1-2-23-15-10-8-14(9-11-15)18(22)19-17-12-16(20-21-17)13-6-4-3-5-7-13/h3-11,16-17,20-21H,2,12H2,1H3,(H,19,22). The summed E-state index contributed by atoms with van der Waals surface area (Å²) in [5.41, 5.74) is 8.18. The van der Waals surface area contributed by atoms with Crippen LogP contribution in [0.4, 0.5) is 0 Å². The molecule has 2 atom stereocenters. The molecule has 0 bridgehead atoms. The van der Waals surface area contributed by atoms with E-state index in [1.54, 1.807) is 12.1 Å². The van der Waals surface area contributed by atoms with Gasteiger partial charge in [-0.3, -0.25) is 4.79 Å². The Balaban J connectivity index is 1.56. The van der Waals surface area contributed by atoms with E-state index in [0.29, 0.717) is 12.2 Å². The van der Waals surface area contributed by atoms with Gasteiger partial charge in [-0.2, -0.15) is 0 Å². The minimum absolute atomic E-state index is 0.0962. The second kappa shape index (κ2) is 7.26. The van der Waals surface area contributed by atoms with Gasteiger partial charge >= 0.3 is 0 Å². The fourth-order valence-corrected chi connectivity index (χ4v) is 2.67. The van der Waals surface area contributed by atoms with E-state index in [-0.39, 0.29) is 18.1 Å². The van der Waals surface area contributed by atoms with Crippen LogP contribution in [0.1, 0.15) is 35.3 Å². The lowest BCUT2D eigenvalue weighted by Crippen LogP contribution is -2.44. The zero-order valence-corrected chi connectivity index (χ0v) is 13.1. The molecule has 0 aliphatic carbocycles. The number of hydrogen-bond donors (Lipinski definition) is 3. The highest BCUT2D eigenvalue weighted by molar-refractivity contribution is 5.94. The highest BCUT2D eigenvalue weighted by Crippen LogP contribution is 2.21. The van der Waals surface area contributed by atoms with Crippen LogP contribution in [-0.4, -0.2) is 18.7 Å². The average Bonchev–Trinajstić information content (AvgIpc) is 3.05. The molecule has 23 heavy (non-hydrogen) atoms. The molecular weight excluding hydrogens is 290 g/mol. The summed E-state index contributed by atoms with van der Waals surface area (Å²) in [7, 11) is 0. The zero-order chi connectivity index (χ0) is 16.1. The van der Waals surface area contributed by atoms with Gasteiger partial charge in [-0.25, -0.2) is 10.9 Å². The molecule has 2 aromatic carbocycles. The normalized spacial score (nSPS) is 20.2. The SMILES string of the molecule is CCOc1ccc(C(=O)NC2CC(c3ccccc3)NN2)cc1. The molecule has 1 amide bonds. The van der Waals surface area contributed by atoms with Crippen LogP contribution in [0, 0.1) is 0 Å². The molecule has 0 spiro atoms. The molecule has 5 heteroatoms. The monoisotopic (exact) mass is 311 g/mol. The molecule has 1 heterocycles. The van der Waals surface area contributed by atoms with Crippen LogP contribution in [0.2, 0.25) is 0 Å². The van der Waals surface area contributed by atoms with Crippen molar-refractivity contribution < 1.29 is 9.53 Å². The van der Waals surface area contributed by atoms with E-state index in [1.807, 2.05) is 37.3 Å². The number of hydrazine groups is 1. The van der Waals surface area contributed by atoms with Crippen LogP contribution in [0.15, 0.2) is 54.6 Å². The van der Waals surface area contributed by atoms with Crippen LogP contribution < -0.4 is 20.9 Å². The summed E-state index contributed by atoms with van der Waals surface area (Å²) in [6.45, 7) is 2.55. The Labute approximate surface area is 136 Å². The molecule has 1 saturated heterocycles. The molecule has 1 fully saturated rings. The van der Waals surface area contributed by atoms with E-state index in [1.165, 1.54) is 5.56 Å². The van der Waals surface area contributed by atoms with Crippen molar-refractivity contribution >= 4 is 5.91 Å². The van der Waals surface area contributed by atoms with Crippen molar-refractivity contribution in [3.8, 4) is 5.75 Å². The topological polar surface area (TPSA) is 62.4 Å². The predicted octanol–water partition coefficient (Wildman–Crippen LogP) is 2.38. The van der Waals surface area contributed by atoms with E-state index in [2.05, 4.69) is 28.3 Å². The molecule has 1 aliphatic heterocycles. The Kier molecular flexibility index (Phi) is 4.90. The maximum atomic E-state index is 12.3. The quantitative estimate of drug-likeness (QED) is 0.793. The minimum atomic E-state index is -0.0979. The molecule has 2 unspecified atom stereocenters. The molecule has 120 valence electrons. The molecule has 0 saturated carbocycles. The van der Waals surface area contributed by atoms with Crippen LogP contribution in [0.3, 0.4) is 0 Å². The summed E-state index contributed by atoms with van der Waals surface area (Å²) in [6, 6.07) is 17.6. The molecule has 1 aliphatic rings. The van der Waals surface area contributed by atoms with Gasteiger partial charge in [0.15, 0.2) is 0 Å². The van der Waals surface area contributed by atoms with Gasteiger partial charge in [-0.05, 0) is 36.8 Å². The predicted molar refractivity (Wildman–Crippen MR) is 88.9 cm³/mol. The molecule has 5 nitrogen and oxygen atoms in total. The lowest BCUT2D eigenvalue weighted by molar-refractivity contribution is 0.0932. The number of ether oxygens (including phenoxy) is 1. The highest BCUT2D eigenvalue weighted by atomic mass is 16.5. The Morgan fingerprint density at radius 3 is 2.57 bits per heavy atom.